The Labute approximate surface area is 299 Å². The highest BCUT2D eigenvalue weighted by atomic mass is 14.8. The van der Waals surface area contributed by atoms with Crippen LogP contribution in [0.4, 0.5) is 22.7 Å². The molecule has 0 saturated heterocycles. The molecule has 5 heterocycles. The maximum atomic E-state index is 6.90. The van der Waals surface area contributed by atoms with Gasteiger partial charge in [0, 0.05) is 83.8 Å². The Morgan fingerprint density at radius 2 is 0.904 bits per heavy atom. The first kappa shape index (κ1) is 30.7. The van der Waals surface area contributed by atoms with Gasteiger partial charge in [-0.05, 0) is 72.8 Å². The van der Waals surface area contributed by atoms with Gasteiger partial charge in [0.1, 0.15) is 0 Å². The quantitative estimate of drug-likeness (QED) is 0.102. The Morgan fingerprint density at radius 1 is 0.423 bits per heavy atom. The first-order chi connectivity index (χ1) is 25.4. The molecule has 250 valence electrons. The second-order valence-corrected chi connectivity index (χ2v) is 12.9. The first-order valence-corrected chi connectivity index (χ1v) is 17.0. The average Bonchev–Trinajstić information content (AvgIpc) is 3.95. The summed E-state index contributed by atoms with van der Waals surface area (Å²) in [7, 11) is 0. The van der Waals surface area contributed by atoms with Crippen LogP contribution in [0.15, 0.2) is 127 Å². The highest BCUT2D eigenvalue weighted by Crippen LogP contribution is 2.49. The standard InChI is InChI=1S/C44H34N8/c45-35-13-5-1-9-30(35)34-23-29-22-27-18-17-25(49-27)21-26-19-20-28(50-26)24-39-40(31-10-2-6-14-36(31)46)41(32-11-3-7-15-37(32)47)44(52-39)42(43(34)51-29)33-12-4-8-16-38(33)48/h1-24,49,52H,45-48H2. The van der Waals surface area contributed by atoms with E-state index in [4.69, 9.17) is 32.9 Å². The van der Waals surface area contributed by atoms with E-state index >= 15 is 0 Å². The molecule has 8 heteroatoms. The monoisotopic (exact) mass is 674 g/mol. The van der Waals surface area contributed by atoms with E-state index in [1.165, 1.54) is 0 Å². The first-order valence-electron chi connectivity index (χ1n) is 17.0. The van der Waals surface area contributed by atoms with E-state index in [1.807, 2.05) is 133 Å². The van der Waals surface area contributed by atoms with Gasteiger partial charge in [0.25, 0.3) is 0 Å². The summed E-state index contributed by atoms with van der Waals surface area (Å²) in [4.78, 5) is 17.7. The van der Waals surface area contributed by atoms with Crippen molar-refractivity contribution >= 4 is 68.6 Å². The van der Waals surface area contributed by atoms with Gasteiger partial charge in [-0.1, -0.05) is 72.8 Å². The van der Waals surface area contributed by atoms with Crippen molar-refractivity contribution in [3.05, 3.63) is 156 Å². The van der Waals surface area contributed by atoms with Crippen LogP contribution in [0.2, 0.25) is 0 Å². The highest BCUT2D eigenvalue weighted by Gasteiger charge is 2.27. The summed E-state index contributed by atoms with van der Waals surface area (Å²) in [5, 5.41) is 0. The second kappa shape index (κ2) is 12.2. The Bertz CT molecular complexity index is 2800. The van der Waals surface area contributed by atoms with Crippen LogP contribution in [0.5, 0.6) is 0 Å². The Morgan fingerprint density at radius 3 is 1.48 bits per heavy atom. The number of benzene rings is 4. The fraction of sp³-hybridized carbons (Fsp3) is 0. The van der Waals surface area contributed by atoms with Crippen LogP contribution < -0.4 is 22.9 Å². The zero-order valence-electron chi connectivity index (χ0n) is 28.1. The Hall–Kier alpha value is -7.32. The lowest BCUT2D eigenvalue weighted by Gasteiger charge is -2.15. The highest BCUT2D eigenvalue weighted by molar-refractivity contribution is 6.14. The summed E-state index contributed by atoms with van der Waals surface area (Å²) in [6, 6.07) is 41.6. The van der Waals surface area contributed by atoms with E-state index in [1.54, 1.807) is 0 Å². The van der Waals surface area contributed by atoms with E-state index in [2.05, 4.69) is 22.1 Å². The third-order valence-electron chi connectivity index (χ3n) is 9.56. The van der Waals surface area contributed by atoms with Crippen LogP contribution in [0, 0.1) is 0 Å². The minimum atomic E-state index is 0.590. The van der Waals surface area contributed by atoms with Crippen molar-refractivity contribution in [2.24, 2.45) is 0 Å². The van der Waals surface area contributed by atoms with Gasteiger partial charge in [-0.25, -0.2) is 9.97 Å². The number of para-hydroxylation sites is 4. The Kier molecular flexibility index (Phi) is 7.22. The molecule has 0 aliphatic carbocycles. The molecule has 8 nitrogen and oxygen atoms in total. The van der Waals surface area contributed by atoms with Crippen LogP contribution in [0.3, 0.4) is 0 Å². The van der Waals surface area contributed by atoms with Crippen molar-refractivity contribution in [1.82, 2.24) is 19.9 Å². The molecule has 10 N–H and O–H groups in total. The van der Waals surface area contributed by atoms with Crippen molar-refractivity contribution in [2.75, 3.05) is 22.9 Å². The minimum Gasteiger partial charge on any atom is -0.398 e. The van der Waals surface area contributed by atoms with Gasteiger partial charge in [-0.2, -0.15) is 0 Å². The van der Waals surface area contributed by atoms with E-state index < -0.39 is 0 Å². The summed E-state index contributed by atoms with van der Waals surface area (Å²) in [6.07, 6.45) is 6.10. The van der Waals surface area contributed by atoms with Crippen LogP contribution in [-0.4, -0.2) is 19.9 Å². The number of H-pyrrole nitrogens is 2. The lowest BCUT2D eigenvalue weighted by atomic mass is 9.89. The summed E-state index contributed by atoms with van der Waals surface area (Å²) in [5.74, 6) is 0. The third kappa shape index (κ3) is 5.26. The fourth-order valence-corrected chi connectivity index (χ4v) is 7.19. The largest absolute Gasteiger partial charge is 0.398 e. The molecule has 0 radical (unpaired) electrons. The molecule has 8 bridgehead atoms. The number of nitrogens with two attached hydrogens (primary N) is 4. The molecule has 0 saturated carbocycles. The van der Waals surface area contributed by atoms with Gasteiger partial charge in [-0.15, -0.1) is 0 Å². The Balaban J connectivity index is 1.58. The van der Waals surface area contributed by atoms with Crippen molar-refractivity contribution < 1.29 is 0 Å². The van der Waals surface area contributed by atoms with Crippen LogP contribution in [0.25, 0.3) is 79.2 Å². The van der Waals surface area contributed by atoms with Crippen molar-refractivity contribution in [3.63, 3.8) is 0 Å². The number of hydrogen-bond donors (Lipinski definition) is 6. The van der Waals surface area contributed by atoms with E-state index in [0.717, 1.165) is 83.7 Å². The number of aromatic amines is 2. The number of hydrogen-bond acceptors (Lipinski definition) is 6. The minimum absolute atomic E-state index is 0.590. The van der Waals surface area contributed by atoms with Gasteiger partial charge in [0.05, 0.1) is 28.3 Å². The lowest BCUT2D eigenvalue weighted by molar-refractivity contribution is 1.30. The summed E-state index contributed by atoms with van der Waals surface area (Å²) in [5.41, 5.74) is 42.9. The van der Waals surface area contributed by atoms with Crippen molar-refractivity contribution in [1.29, 1.82) is 0 Å². The van der Waals surface area contributed by atoms with Gasteiger partial charge in [0.2, 0.25) is 0 Å². The van der Waals surface area contributed by atoms with Gasteiger partial charge in [-0.3, -0.25) is 0 Å². The number of anilines is 4. The maximum Gasteiger partial charge on any atom is 0.0817 e. The molecule has 52 heavy (non-hydrogen) atoms. The summed E-state index contributed by atoms with van der Waals surface area (Å²) >= 11 is 0. The van der Waals surface area contributed by atoms with Crippen molar-refractivity contribution in [3.8, 4) is 33.4 Å². The van der Waals surface area contributed by atoms with Crippen LogP contribution in [0.1, 0.15) is 28.3 Å². The number of rotatable bonds is 4. The lowest BCUT2D eigenvalue weighted by Crippen LogP contribution is -1.99. The predicted molar refractivity (Wildman–Crippen MR) is 217 cm³/mol. The average molecular weight is 675 g/mol. The predicted octanol–water partition coefficient (Wildman–Crippen LogP) is 9.40. The summed E-state index contributed by atoms with van der Waals surface area (Å²) in [6.45, 7) is 0. The number of nitrogens with one attached hydrogen (secondary N) is 2. The molecule has 0 amide bonds. The topological polar surface area (TPSA) is 161 Å². The van der Waals surface area contributed by atoms with Gasteiger partial charge in [0.15, 0.2) is 0 Å². The smallest absolute Gasteiger partial charge is 0.0817 e. The number of fused-ring (bicyclic) bond motifs is 8. The molecular weight excluding hydrogens is 641 g/mol. The molecule has 2 aliphatic rings. The zero-order chi connectivity index (χ0) is 35.3. The molecule has 3 aromatic heterocycles. The second-order valence-electron chi connectivity index (χ2n) is 12.9. The molecule has 0 atom stereocenters. The van der Waals surface area contributed by atoms with E-state index in [-0.39, 0.29) is 0 Å². The molecule has 0 unspecified atom stereocenters. The van der Waals surface area contributed by atoms with E-state index in [0.29, 0.717) is 28.4 Å². The molecular formula is C44H34N8. The molecule has 7 aromatic rings. The molecule has 0 fully saturated rings. The van der Waals surface area contributed by atoms with Gasteiger partial charge >= 0.3 is 0 Å². The third-order valence-corrected chi connectivity index (χ3v) is 9.56. The van der Waals surface area contributed by atoms with Crippen LogP contribution >= 0.6 is 0 Å². The van der Waals surface area contributed by atoms with E-state index in [9.17, 15) is 0 Å². The zero-order valence-corrected chi connectivity index (χ0v) is 28.1. The normalized spacial score (nSPS) is 12.2. The van der Waals surface area contributed by atoms with Crippen molar-refractivity contribution in [2.45, 2.75) is 0 Å². The molecule has 2 aliphatic heterocycles. The molecule has 4 aromatic carbocycles. The summed E-state index contributed by atoms with van der Waals surface area (Å²) < 4.78 is 0. The number of aromatic nitrogens is 4. The fourth-order valence-electron chi connectivity index (χ4n) is 7.19. The van der Waals surface area contributed by atoms with Gasteiger partial charge < -0.3 is 32.9 Å². The molecule has 9 rings (SSSR count). The SMILES string of the molecule is Nc1ccccc1C1=Cc2cc3ccc(cc4nc(cc5[nH]c(c(-c6ccccc6N)c1n2)c(-c1ccccc1N)c5-c1ccccc1N)C=C4)[nH]3. The molecule has 0 spiro atoms. The van der Waals surface area contributed by atoms with Crippen LogP contribution in [-0.2, 0) is 0 Å². The number of nitrogens with zero attached hydrogens (tertiary/aromatic N) is 2. The maximum absolute atomic E-state index is 6.90. The number of nitrogen functional groups attached to an aromatic ring is 4.